The standard InChI is InChI=1S/C22H28N2O3/c1-17(22(26)19-5-3-2-4-6-19)23-12-11-21(25)18-7-9-20(10-8-18)24-13-15-27-16-14-24/h2-10,17,22-23,26H,11-16H2,1H3. The molecule has 0 aromatic heterocycles. The van der Waals surface area contributed by atoms with Gasteiger partial charge in [0.1, 0.15) is 0 Å². The Bertz CT molecular complexity index is 712. The molecule has 5 heteroatoms. The molecule has 1 heterocycles. The smallest absolute Gasteiger partial charge is 0.164 e. The minimum Gasteiger partial charge on any atom is -0.387 e. The average molecular weight is 368 g/mol. The lowest BCUT2D eigenvalue weighted by molar-refractivity contribution is 0.0972. The molecule has 0 bridgehead atoms. The number of Topliss-reactive ketones (excluding diaryl/α,β-unsaturated/α-hetero) is 1. The highest BCUT2D eigenvalue weighted by molar-refractivity contribution is 5.96. The van der Waals surface area contributed by atoms with Crippen LogP contribution in [0.25, 0.3) is 0 Å². The molecule has 0 saturated carbocycles. The second kappa shape index (κ2) is 9.65. The second-order valence-corrected chi connectivity index (χ2v) is 6.92. The number of rotatable bonds is 8. The number of aliphatic hydroxyl groups is 1. The summed E-state index contributed by atoms with van der Waals surface area (Å²) in [6.07, 6.45) is -0.183. The number of anilines is 1. The van der Waals surface area contributed by atoms with Gasteiger partial charge in [0.25, 0.3) is 0 Å². The maximum atomic E-state index is 12.4. The number of ether oxygens (including phenoxy) is 1. The van der Waals surface area contributed by atoms with E-state index < -0.39 is 6.10 Å². The minimum absolute atomic E-state index is 0.109. The second-order valence-electron chi connectivity index (χ2n) is 6.92. The van der Waals surface area contributed by atoms with Gasteiger partial charge in [0.2, 0.25) is 0 Å². The predicted molar refractivity (Wildman–Crippen MR) is 107 cm³/mol. The third kappa shape index (κ3) is 5.39. The van der Waals surface area contributed by atoms with Crippen molar-refractivity contribution in [1.82, 2.24) is 5.32 Å². The van der Waals surface area contributed by atoms with Crippen molar-refractivity contribution in [3.8, 4) is 0 Å². The van der Waals surface area contributed by atoms with Crippen molar-refractivity contribution in [3.63, 3.8) is 0 Å². The summed E-state index contributed by atoms with van der Waals surface area (Å²) in [7, 11) is 0. The number of carbonyl (C=O) groups excluding carboxylic acids is 1. The van der Waals surface area contributed by atoms with E-state index >= 15 is 0 Å². The summed E-state index contributed by atoms with van der Waals surface area (Å²) in [6, 6.07) is 17.3. The highest BCUT2D eigenvalue weighted by atomic mass is 16.5. The Morgan fingerprint density at radius 3 is 2.44 bits per heavy atom. The van der Waals surface area contributed by atoms with Gasteiger partial charge in [-0.3, -0.25) is 4.79 Å². The third-order valence-electron chi connectivity index (χ3n) is 5.00. The maximum absolute atomic E-state index is 12.4. The topological polar surface area (TPSA) is 61.8 Å². The summed E-state index contributed by atoms with van der Waals surface area (Å²) in [5.74, 6) is 0.109. The summed E-state index contributed by atoms with van der Waals surface area (Å²) in [4.78, 5) is 14.7. The van der Waals surface area contributed by atoms with Gasteiger partial charge in [0, 0.05) is 43.3 Å². The molecule has 2 aromatic carbocycles. The number of nitrogens with one attached hydrogen (secondary N) is 1. The molecule has 2 atom stereocenters. The molecule has 2 N–H and O–H groups in total. The molecular weight excluding hydrogens is 340 g/mol. The van der Waals surface area contributed by atoms with E-state index in [9.17, 15) is 9.90 Å². The Morgan fingerprint density at radius 1 is 1.11 bits per heavy atom. The van der Waals surface area contributed by atoms with Crippen molar-refractivity contribution in [2.45, 2.75) is 25.5 Å². The van der Waals surface area contributed by atoms with Crippen LogP contribution in [0.15, 0.2) is 54.6 Å². The molecule has 2 aromatic rings. The van der Waals surface area contributed by atoms with Crippen LogP contribution in [0.3, 0.4) is 0 Å². The molecule has 0 spiro atoms. The first-order valence-electron chi connectivity index (χ1n) is 9.57. The van der Waals surface area contributed by atoms with Gasteiger partial charge >= 0.3 is 0 Å². The van der Waals surface area contributed by atoms with Crippen molar-refractivity contribution in [3.05, 3.63) is 65.7 Å². The van der Waals surface area contributed by atoms with Crippen molar-refractivity contribution in [2.24, 2.45) is 0 Å². The van der Waals surface area contributed by atoms with Gasteiger partial charge in [-0.25, -0.2) is 0 Å². The van der Waals surface area contributed by atoms with E-state index in [1.165, 1.54) is 0 Å². The summed E-state index contributed by atoms with van der Waals surface area (Å²) in [5.41, 5.74) is 2.74. The maximum Gasteiger partial charge on any atom is 0.164 e. The summed E-state index contributed by atoms with van der Waals surface area (Å²) in [6.45, 7) is 5.74. The SMILES string of the molecule is CC(NCCC(=O)c1ccc(N2CCOCC2)cc1)C(O)c1ccccc1. The minimum atomic E-state index is -0.589. The third-order valence-corrected chi connectivity index (χ3v) is 5.00. The highest BCUT2D eigenvalue weighted by Gasteiger charge is 2.16. The van der Waals surface area contributed by atoms with Crippen molar-refractivity contribution < 1.29 is 14.6 Å². The first kappa shape index (κ1) is 19.5. The first-order valence-corrected chi connectivity index (χ1v) is 9.57. The van der Waals surface area contributed by atoms with Crippen molar-refractivity contribution in [1.29, 1.82) is 0 Å². The Morgan fingerprint density at radius 2 is 1.78 bits per heavy atom. The first-order chi connectivity index (χ1) is 13.1. The van der Waals surface area contributed by atoms with E-state index in [-0.39, 0.29) is 11.8 Å². The van der Waals surface area contributed by atoms with E-state index in [4.69, 9.17) is 4.74 Å². The van der Waals surface area contributed by atoms with Crippen molar-refractivity contribution in [2.75, 3.05) is 37.7 Å². The lowest BCUT2D eigenvalue weighted by atomic mass is 10.0. The monoisotopic (exact) mass is 368 g/mol. The van der Waals surface area contributed by atoms with Gasteiger partial charge in [-0.2, -0.15) is 0 Å². The number of ketones is 1. The van der Waals surface area contributed by atoms with E-state index in [0.29, 0.717) is 13.0 Å². The molecule has 144 valence electrons. The number of morpholine rings is 1. The van der Waals surface area contributed by atoms with Crippen LogP contribution >= 0.6 is 0 Å². The van der Waals surface area contributed by atoms with Gasteiger partial charge in [-0.15, -0.1) is 0 Å². The largest absolute Gasteiger partial charge is 0.387 e. The van der Waals surface area contributed by atoms with Crippen LogP contribution in [0, 0.1) is 0 Å². The van der Waals surface area contributed by atoms with Crippen LogP contribution in [0.1, 0.15) is 35.4 Å². The normalized spacial score (nSPS) is 16.7. The summed E-state index contributed by atoms with van der Waals surface area (Å²) in [5, 5.41) is 13.6. The zero-order valence-corrected chi connectivity index (χ0v) is 15.8. The number of aliphatic hydroxyl groups excluding tert-OH is 1. The van der Waals surface area contributed by atoms with Crippen LogP contribution in [0.5, 0.6) is 0 Å². The van der Waals surface area contributed by atoms with E-state index in [1.807, 2.05) is 61.5 Å². The number of carbonyl (C=O) groups is 1. The van der Waals surface area contributed by atoms with Crippen LogP contribution in [-0.4, -0.2) is 49.8 Å². The molecular formula is C22H28N2O3. The lowest BCUT2D eigenvalue weighted by Gasteiger charge is -2.28. The van der Waals surface area contributed by atoms with E-state index in [1.54, 1.807) is 0 Å². The summed E-state index contributed by atoms with van der Waals surface area (Å²) >= 11 is 0. The summed E-state index contributed by atoms with van der Waals surface area (Å²) < 4.78 is 5.37. The fourth-order valence-corrected chi connectivity index (χ4v) is 3.29. The number of nitrogens with zero attached hydrogens (tertiary/aromatic N) is 1. The van der Waals surface area contributed by atoms with Gasteiger partial charge < -0.3 is 20.1 Å². The predicted octanol–water partition coefficient (Wildman–Crippen LogP) is 2.81. The number of hydrogen-bond acceptors (Lipinski definition) is 5. The van der Waals surface area contributed by atoms with Crippen LogP contribution in [-0.2, 0) is 4.74 Å². The lowest BCUT2D eigenvalue weighted by Crippen LogP contribution is -2.36. The Labute approximate surface area is 161 Å². The number of benzene rings is 2. The molecule has 27 heavy (non-hydrogen) atoms. The molecule has 0 radical (unpaired) electrons. The zero-order valence-electron chi connectivity index (χ0n) is 15.8. The molecule has 3 rings (SSSR count). The number of hydrogen-bond donors (Lipinski definition) is 2. The fourth-order valence-electron chi connectivity index (χ4n) is 3.29. The molecule has 1 aliphatic heterocycles. The van der Waals surface area contributed by atoms with Crippen LogP contribution < -0.4 is 10.2 Å². The Hall–Kier alpha value is -2.21. The van der Waals surface area contributed by atoms with E-state index in [2.05, 4.69) is 10.2 Å². The molecule has 1 aliphatic rings. The fraction of sp³-hybridized carbons (Fsp3) is 0.409. The highest BCUT2D eigenvalue weighted by Crippen LogP contribution is 2.18. The van der Waals surface area contributed by atoms with Gasteiger partial charge in [-0.05, 0) is 36.8 Å². The quantitative estimate of drug-likeness (QED) is 0.702. The van der Waals surface area contributed by atoms with Crippen LogP contribution in [0.4, 0.5) is 5.69 Å². The van der Waals surface area contributed by atoms with Gasteiger partial charge in [-0.1, -0.05) is 30.3 Å². The van der Waals surface area contributed by atoms with E-state index in [0.717, 1.165) is 43.1 Å². The molecule has 5 nitrogen and oxygen atoms in total. The average Bonchev–Trinajstić information content (AvgIpc) is 2.74. The van der Waals surface area contributed by atoms with Crippen molar-refractivity contribution >= 4 is 11.5 Å². The molecule has 0 amide bonds. The molecule has 2 unspecified atom stereocenters. The van der Waals surface area contributed by atoms with Gasteiger partial charge in [0.05, 0.1) is 19.3 Å². The Balaban J connectivity index is 1.46. The molecule has 1 fully saturated rings. The Kier molecular flexibility index (Phi) is 6.98. The molecule has 1 saturated heterocycles. The molecule has 0 aliphatic carbocycles. The zero-order chi connectivity index (χ0) is 19.1. The van der Waals surface area contributed by atoms with Gasteiger partial charge in [0.15, 0.2) is 5.78 Å². The van der Waals surface area contributed by atoms with Crippen LogP contribution in [0.2, 0.25) is 0 Å².